The van der Waals surface area contributed by atoms with Gasteiger partial charge in [0.2, 0.25) is 0 Å². The average Bonchev–Trinajstić information content (AvgIpc) is 3.21. The van der Waals surface area contributed by atoms with Crippen LogP contribution in [-0.2, 0) is 11.3 Å². The summed E-state index contributed by atoms with van der Waals surface area (Å²) in [6, 6.07) is 13.3. The van der Waals surface area contributed by atoms with E-state index < -0.39 is 17.3 Å². The van der Waals surface area contributed by atoms with Crippen molar-refractivity contribution in [1.29, 1.82) is 0 Å². The first-order valence-corrected chi connectivity index (χ1v) is 9.98. The Morgan fingerprint density at radius 3 is 2.52 bits per heavy atom. The molecule has 1 amide bonds. The summed E-state index contributed by atoms with van der Waals surface area (Å²) in [5.41, 5.74) is 8.12. The van der Waals surface area contributed by atoms with Gasteiger partial charge in [-0.25, -0.2) is 4.21 Å². The van der Waals surface area contributed by atoms with Crippen molar-refractivity contribution in [3.8, 4) is 0 Å². The number of carbonyl (C=O) groups excluding carboxylic acids is 1. The fourth-order valence-electron chi connectivity index (χ4n) is 2.45. The second kappa shape index (κ2) is 8.87. The molecule has 0 aliphatic carbocycles. The summed E-state index contributed by atoms with van der Waals surface area (Å²) in [5.74, 6) is -0.238. The average molecular weight is 403 g/mol. The Balaban J connectivity index is 1.67. The molecule has 2 aromatic heterocycles. The van der Waals surface area contributed by atoms with E-state index in [4.69, 9.17) is 5.73 Å². The third-order valence-electron chi connectivity index (χ3n) is 3.84. The van der Waals surface area contributed by atoms with Crippen molar-refractivity contribution in [3.63, 3.8) is 0 Å². The minimum atomic E-state index is -2.17. The van der Waals surface area contributed by atoms with Gasteiger partial charge in [-0.1, -0.05) is 12.1 Å². The number of rotatable bonds is 7. The highest BCUT2D eigenvalue weighted by Crippen LogP contribution is 2.25. The van der Waals surface area contributed by atoms with Crippen LogP contribution in [0.5, 0.6) is 0 Å². The van der Waals surface area contributed by atoms with E-state index in [1.165, 1.54) is 15.6 Å². The lowest BCUT2D eigenvalue weighted by molar-refractivity contribution is 0.102. The minimum absolute atomic E-state index is 0.173. The molecule has 9 heteroatoms. The number of nitrogens with two attached hydrogens (primary N) is 1. The van der Waals surface area contributed by atoms with Crippen molar-refractivity contribution in [2.24, 2.45) is 5.73 Å². The molecule has 0 radical (unpaired) electrons. The van der Waals surface area contributed by atoms with Crippen LogP contribution in [0.15, 0.2) is 66.3 Å². The second-order valence-electron chi connectivity index (χ2n) is 5.66. The third-order valence-corrected chi connectivity index (χ3v) is 5.57. The molecule has 0 bridgehead atoms. The zero-order valence-corrected chi connectivity index (χ0v) is 15.8. The molecule has 0 aliphatic heterocycles. The van der Waals surface area contributed by atoms with Crippen molar-refractivity contribution in [1.82, 2.24) is 4.98 Å². The van der Waals surface area contributed by atoms with Crippen LogP contribution < -0.4 is 15.4 Å². The summed E-state index contributed by atoms with van der Waals surface area (Å²) in [7, 11) is 0. The maximum absolute atomic E-state index is 12.3. The number of pyridine rings is 1. The fourth-order valence-corrected chi connectivity index (χ4v) is 3.92. The molecule has 3 rings (SSSR count). The number of anilines is 2. The highest BCUT2D eigenvalue weighted by Gasteiger charge is 2.18. The first kappa shape index (κ1) is 19.2. The first-order chi connectivity index (χ1) is 13.0. The monoisotopic (exact) mass is 402 g/mol. The van der Waals surface area contributed by atoms with Crippen molar-refractivity contribution in [2.45, 2.75) is 6.04 Å². The molecule has 0 saturated heterocycles. The van der Waals surface area contributed by atoms with E-state index in [-0.39, 0.29) is 12.5 Å². The lowest BCUT2D eigenvalue weighted by atomic mass is 10.0. The first-order valence-electron chi connectivity index (χ1n) is 8.03. The van der Waals surface area contributed by atoms with Gasteiger partial charge in [-0.2, -0.15) is 0 Å². The Morgan fingerprint density at radius 1 is 1.22 bits per heavy atom. The van der Waals surface area contributed by atoms with Gasteiger partial charge in [-0.3, -0.25) is 18.6 Å². The standard InChI is InChI=1S/C18H18N4O3S2/c19-16(12-22(27(24)25)17-2-1-11-26-17)13-3-5-14(6-4-13)18(23)21-15-7-9-20-10-8-15/h1-11,16H,12,19H2,(H,24,25)(H,20,21,23). The number of aromatic nitrogens is 1. The number of hydrogen-bond donors (Lipinski definition) is 3. The van der Waals surface area contributed by atoms with Crippen LogP contribution in [0, 0.1) is 0 Å². The van der Waals surface area contributed by atoms with Crippen molar-refractivity contribution < 1.29 is 13.6 Å². The van der Waals surface area contributed by atoms with E-state index in [9.17, 15) is 13.6 Å². The Bertz CT molecular complexity index is 902. The SMILES string of the molecule is NC(CN(c1cccs1)S(=O)O)c1ccc(C(=O)Nc2ccncc2)cc1. The predicted octanol–water partition coefficient (Wildman–Crippen LogP) is 3.04. The third kappa shape index (κ3) is 4.98. The van der Waals surface area contributed by atoms with Crippen LogP contribution in [0.1, 0.15) is 22.0 Å². The van der Waals surface area contributed by atoms with Crippen LogP contribution in [0.4, 0.5) is 10.7 Å². The lowest BCUT2D eigenvalue weighted by Gasteiger charge is -2.22. The number of benzene rings is 1. The van der Waals surface area contributed by atoms with Gasteiger partial charge < -0.3 is 11.1 Å². The molecule has 0 saturated carbocycles. The molecule has 27 heavy (non-hydrogen) atoms. The Morgan fingerprint density at radius 2 is 1.93 bits per heavy atom. The molecule has 4 N–H and O–H groups in total. The zero-order valence-electron chi connectivity index (χ0n) is 14.2. The predicted molar refractivity (Wildman–Crippen MR) is 108 cm³/mol. The number of carbonyl (C=O) groups is 1. The number of nitrogens with one attached hydrogen (secondary N) is 1. The van der Waals surface area contributed by atoms with E-state index in [0.29, 0.717) is 16.3 Å². The molecule has 0 aliphatic rings. The summed E-state index contributed by atoms with van der Waals surface area (Å²) < 4.78 is 22.5. The van der Waals surface area contributed by atoms with Gasteiger partial charge in [0.25, 0.3) is 17.2 Å². The van der Waals surface area contributed by atoms with Crippen LogP contribution >= 0.6 is 11.3 Å². The Hall–Kier alpha value is -2.59. The Kier molecular flexibility index (Phi) is 6.30. The van der Waals surface area contributed by atoms with E-state index in [2.05, 4.69) is 10.3 Å². The summed E-state index contributed by atoms with van der Waals surface area (Å²) in [5, 5.41) is 5.28. The van der Waals surface area contributed by atoms with Gasteiger partial charge in [0, 0.05) is 29.7 Å². The minimum Gasteiger partial charge on any atom is -0.322 e. The van der Waals surface area contributed by atoms with Crippen molar-refractivity contribution >= 4 is 39.2 Å². The van der Waals surface area contributed by atoms with Gasteiger partial charge in [0.05, 0.1) is 6.54 Å². The smallest absolute Gasteiger partial charge is 0.262 e. The highest BCUT2D eigenvalue weighted by atomic mass is 32.2. The van der Waals surface area contributed by atoms with Crippen molar-refractivity contribution in [2.75, 3.05) is 16.2 Å². The molecular formula is C18H18N4O3S2. The van der Waals surface area contributed by atoms with Gasteiger partial charge in [0.1, 0.15) is 5.00 Å². The van der Waals surface area contributed by atoms with Gasteiger partial charge in [-0.15, -0.1) is 11.3 Å². The van der Waals surface area contributed by atoms with Crippen molar-refractivity contribution in [3.05, 3.63) is 77.4 Å². The largest absolute Gasteiger partial charge is 0.322 e. The van der Waals surface area contributed by atoms with E-state index in [0.717, 1.165) is 5.56 Å². The topological polar surface area (TPSA) is 109 Å². The maximum Gasteiger partial charge on any atom is 0.262 e. The number of thiophene rings is 1. The van der Waals surface area contributed by atoms with Gasteiger partial charge >= 0.3 is 0 Å². The molecule has 2 atom stereocenters. The summed E-state index contributed by atoms with van der Waals surface area (Å²) in [6.45, 7) is 0.173. The molecule has 1 aromatic carbocycles. The number of nitrogens with zero attached hydrogens (tertiary/aromatic N) is 2. The Labute approximate surface area is 163 Å². The normalized spacial score (nSPS) is 13.0. The van der Waals surface area contributed by atoms with E-state index in [1.807, 2.05) is 11.4 Å². The van der Waals surface area contributed by atoms with Gasteiger partial charge in [-0.05, 0) is 47.3 Å². The van der Waals surface area contributed by atoms with Gasteiger partial charge in [0.15, 0.2) is 0 Å². The van der Waals surface area contributed by atoms with Crippen LogP contribution in [0.3, 0.4) is 0 Å². The van der Waals surface area contributed by atoms with Crippen LogP contribution in [-0.4, -0.2) is 26.2 Å². The highest BCUT2D eigenvalue weighted by molar-refractivity contribution is 7.81. The number of hydrogen-bond acceptors (Lipinski definition) is 5. The van der Waals surface area contributed by atoms with E-state index >= 15 is 0 Å². The molecule has 140 valence electrons. The molecule has 7 nitrogen and oxygen atoms in total. The summed E-state index contributed by atoms with van der Waals surface area (Å²) in [4.78, 5) is 16.2. The number of amides is 1. The fraction of sp³-hybridized carbons (Fsp3) is 0.111. The van der Waals surface area contributed by atoms with Crippen LogP contribution in [0.25, 0.3) is 0 Å². The molecule has 0 fully saturated rings. The molecule has 2 heterocycles. The van der Waals surface area contributed by atoms with E-state index in [1.54, 1.807) is 54.9 Å². The quantitative estimate of drug-likeness (QED) is 0.526. The van der Waals surface area contributed by atoms with Crippen LogP contribution in [0.2, 0.25) is 0 Å². The lowest BCUT2D eigenvalue weighted by Crippen LogP contribution is -2.33. The maximum atomic E-state index is 12.3. The molecular weight excluding hydrogens is 384 g/mol. The molecule has 3 aromatic rings. The molecule has 0 spiro atoms. The summed E-state index contributed by atoms with van der Waals surface area (Å²) >= 11 is -0.803. The second-order valence-corrected chi connectivity index (χ2v) is 7.49. The zero-order chi connectivity index (χ0) is 19.2. The molecule has 2 unspecified atom stereocenters. The summed E-state index contributed by atoms with van der Waals surface area (Å²) in [6.07, 6.45) is 3.20.